The molecule has 0 heterocycles. The molecule has 114 valence electrons. The number of hydrogen-bond acceptors (Lipinski definition) is 4. The fourth-order valence-corrected chi connectivity index (χ4v) is 2.94. The van der Waals surface area contributed by atoms with Gasteiger partial charge in [0.25, 0.3) is 0 Å². The van der Waals surface area contributed by atoms with Crippen molar-refractivity contribution in [3.8, 4) is 0 Å². The van der Waals surface area contributed by atoms with E-state index in [0.29, 0.717) is 19.3 Å². The van der Waals surface area contributed by atoms with Gasteiger partial charge in [0.05, 0.1) is 0 Å². The number of sulfonamides is 1. The number of anilines is 1. The predicted octanol–water partition coefficient (Wildman–Crippen LogP) is 1.33. The molecule has 1 aromatic carbocycles. The normalized spacial score (nSPS) is 12.1. The van der Waals surface area contributed by atoms with Gasteiger partial charge in [0, 0.05) is 20.2 Å². The number of rotatable bonds is 7. The van der Waals surface area contributed by atoms with Crippen LogP contribution >= 0.6 is 0 Å². The maximum atomic E-state index is 13.8. The Kier molecular flexibility index (Phi) is 5.85. The zero-order valence-corrected chi connectivity index (χ0v) is 12.0. The maximum absolute atomic E-state index is 13.8. The van der Waals surface area contributed by atoms with E-state index in [-0.39, 0.29) is 13.2 Å². The second-order valence-electron chi connectivity index (χ2n) is 4.38. The smallest absolute Gasteiger partial charge is 0.245 e. The van der Waals surface area contributed by atoms with Gasteiger partial charge in [-0.05, 0) is 31.4 Å². The van der Waals surface area contributed by atoms with Gasteiger partial charge in [-0.25, -0.2) is 21.5 Å². The van der Waals surface area contributed by atoms with Crippen LogP contribution < -0.4 is 5.73 Å². The monoisotopic (exact) mass is 308 g/mol. The molecule has 0 saturated heterocycles. The third kappa shape index (κ3) is 3.65. The van der Waals surface area contributed by atoms with Crippen LogP contribution in [0.4, 0.5) is 14.5 Å². The van der Waals surface area contributed by atoms with Gasteiger partial charge in [-0.15, -0.1) is 0 Å². The molecule has 0 amide bonds. The highest BCUT2D eigenvalue weighted by molar-refractivity contribution is 7.89. The first-order valence-electron chi connectivity index (χ1n) is 6.13. The number of nitrogens with two attached hydrogens (primary N) is 1. The summed E-state index contributed by atoms with van der Waals surface area (Å²) in [4.78, 5) is -0.638. The van der Waals surface area contributed by atoms with E-state index in [0.717, 1.165) is 16.4 Å². The van der Waals surface area contributed by atoms with Crippen molar-refractivity contribution in [3.05, 3.63) is 23.8 Å². The third-order valence-corrected chi connectivity index (χ3v) is 4.78. The molecule has 1 rings (SSSR count). The lowest BCUT2D eigenvalue weighted by atomic mass is 10.2. The van der Waals surface area contributed by atoms with E-state index in [1.165, 1.54) is 7.05 Å². The Morgan fingerprint density at radius 1 is 1.25 bits per heavy atom. The summed E-state index contributed by atoms with van der Waals surface area (Å²) in [5.74, 6) is -2.26. The summed E-state index contributed by atoms with van der Waals surface area (Å²) in [5, 5.41) is 8.63. The van der Waals surface area contributed by atoms with E-state index < -0.39 is 32.2 Å². The highest BCUT2D eigenvalue weighted by Gasteiger charge is 2.26. The quantitative estimate of drug-likeness (QED) is 0.588. The van der Waals surface area contributed by atoms with Crippen LogP contribution in [0.2, 0.25) is 0 Å². The van der Waals surface area contributed by atoms with E-state index in [2.05, 4.69) is 0 Å². The minimum Gasteiger partial charge on any atom is -0.396 e. The molecule has 0 radical (unpaired) electrons. The van der Waals surface area contributed by atoms with E-state index in [4.69, 9.17) is 10.8 Å². The molecule has 8 heteroatoms. The van der Waals surface area contributed by atoms with Gasteiger partial charge in [0.15, 0.2) is 5.82 Å². The zero-order chi connectivity index (χ0) is 15.3. The van der Waals surface area contributed by atoms with E-state index in [1.54, 1.807) is 0 Å². The first-order chi connectivity index (χ1) is 9.32. The lowest BCUT2D eigenvalue weighted by molar-refractivity contribution is 0.281. The summed E-state index contributed by atoms with van der Waals surface area (Å²) >= 11 is 0. The van der Waals surface area contributed by atoms with Gasteiger partial charge in [-0.2, -0.15) is 0 Å². The van der Waals surface area contributed by atoms with Crippen LogP contribution in [0.1, 0.15) is 19.3 Å². The number of aliphatic hydroxyl groups is 1. The highest BCUT2D eigenvalue weighted by Crippen LogP contribution is 2.25. The molecule has 0 saturated carbocycles. The standard InChI is InChI=1S/C12H18F2N2O3S/c1-16(7-3-2-4-8-17)20(18,19)10-6-5-9(13)12(15)11(10)14/h5-6,17H,2-4,7-8,15H2,1H3. The summed E-state index contributed by atoms with van der Waals surface area (Å²) in [6.45, 7) is 0.221. The first kappa shape index (κ1) is 16.8. The van der Waals surface area contributed by atoms with Gasteiger partial charge in [-0.3, -0.25) is 0 Å². The maximum Gasteiger partial charge on any atom is 0.245 e. The molecule has 0 unspecified atom stereocenters. The van der Waals surface area contributed by atoms with Gasteiger partial charge >= 0.3 is 0 Å². The largest absolute Gasteiger partial charge is 0.396 e. The van der Waals surface area contributed by atoms with Crippen LogP contribution in [0, 0.1) is 11.6 Å². The van der Waals surface area contributed by atoms with Crippen LogP contribution in [-0.4, -0.2) is 38.0 Å². The van der Waals surface area contributed by atoms with Crippen molar-refractivity contribution >= 4 is 15.7 Å². The molecule has 0 spiro atoms. The molecular formula is C12H18F2N2O3S. The van der Waals surface area contributed by atoms with Crippen molar-refractivity contribution in [1.82, 2.24) is 4.31 Å². The number of halogens is 2. The van der Waals surface area contributed by atoms with Crippen LogP contribution in [0.15, 0.2) is 17.0 Å². The molecule has 0 atom stereocenters. The number of nitrogen functional groups attached to an aromatic ring is 1. The Morgan fingerprint density at radius 2 is 1.90 bits per heavy atom. The van der Waals surface area contributed by atoms with Gasteiger partial charge in [0.2, 0.25) is 10.0 Å². The molecular weight excluding hydrogens is 290 g/mol. The first-order valence-corrected chi connectivity index (χ1v) is 7.57. The predicted molar refractivity (Wildman–Crippen MR) is 71.5 cm³/mol. The minimum absolute atomic E-state index is 0.0413. The fraction of sp³-hybridized carbons (Fsp3) is 0.500. The molecule has 0 aliphatic carbocycles. The second-order valence-corrected chi connectivity index (χ2v) is 6.40. The molecule has 20 heavy (non-hydrogen) atoms. The van der Waals surface area contributed by atoms with Crippen molar-refractivity contribution in [2.75, 3.05) is 25.9 Å². The number of aliphatic hydroxyl groups excluding tert-OH is 1. The average Bonchev–Trinajstić information content (AvgIpc) is 2.40. The van der Waals surface area contributed by atoms with Crippen molar-refractivity contribution in [2.24, 2.45) is 0 Å². The summed E-state index contributed by atoms with van der Waals surface area (Å²) in [5.41, 5.74) is 4.35. The second kappa shape index (κ2) is 6.96. The Labute approximate surface area is 117 Å². The Balaban J connectivity index is 2.91. The van der Waals surface area contributed by atoms with E-state index in [9.17, 15) is 17.2 Å². The minimum atomic E-state index is -4.05. The van der Waals surface area contributed by atoms with Crippen molar-refractivity contribution in [3.63, 3.8) is 0 Å². The van der Waals surface area contributed by atoms with Gasteiger partial charge < -0.3 is 10.8 Å². The topological polar surface area (TPSA) is 83.6 Å². The van der Waals surface area contributed by atoms with E-state index in [1.807, 2.05) is 0 Å². The third-order valence-electron chi connectivity index (χ3n) is 2.91. The molecule has 0 bridgehead atoms. The van der Waals surface area contributed by atoms with Crippen LogP contribution in [-0.2, 0) is 10.0 Å². The summed E-state index contributed by atoms with van der Waals surface area (Å²) in [6.07, 6.45) is 1.77. The Morgan fingerprint density at radius 3 is 2.50 bits per heavy atom. The molecule has 1 aromatic rings. The molecule has 0 fully saturated rings. The summed E-state index contributed by atoms with van der Waals surface area (Å²) in [6, 6.07) is 1.69. The lowest BCUT2D eigenvalue weighted by Crippen LogP contribution is -2.29. The Bertz CT molecular complexity index is 564. The van der Waals surface area contributed by atoms with Gasteiger partial charge in [-0.1, -0.05) is 0 Å². The molecule has 3 N–H and O–H groups in total. The van der Waals surface area contributed by atoms with Crippen LogP contribution in [0.3, 0.4) is 0 Å². The SMILES string of the molecule is CN(CCCCCO)S(=O)(=O)c1ccc(F)c(N)c1F. The summed E-state index contributed by atoms with van der Waals surface area (Å²) in [7, 11) is -2.73. The van der Waals surface area contributed by atoms with Crippen molar-refractivity contribution in [1.29, 1.82) is 0 Å². The Hall–Kier alpha value is -1.25. The number of hydrogen-bond donors (Lipinski definition) is 2. The van der Waals surface area contributed by atoms with Crippen LogP contribution in [0.5, 0.6) is 0 Å². The molecule has 0 aliphatic rings. The average molecular weight is 308 g/mol. The fourth-order valence-electron chi connectivity index (χ4n) is 1.66. The highest BCUT2D eigenvalue weighted by atomic mass is 32.2. The molecule has 0 aliphatic heterocycles. The number of unbranched alkanes of at least 4 members (excludes halogenated alkanes) is 2. The van der Waals surface area contributed by atoms with Crippen molar-refractivity contribution in [2.45, 2.75) is 24.2 Å². The number of nitrogens with zero attached hydrogens (tertiary/aromatic N) is 1. The van der Waals surface area contributed by atoms with E-state index >= 15 is 0 Å². The number of benzene rings is 1. The lowest BCUT2D eigenvalue weighted by Gasteiger charge is -2.18. The summed E-state index contributed by atoms with van der Waals surface area (Å²) < 4.78 is 52.1. The van der Waals surface area contributed by atoms with Crippen molar-refractivity contribution < 1.29 is 22.3 Å². The zero-order valence-electron chi connectivity index (χ0n) is 11.1. The van der Waals surface area contributed by atoms with Crippen LogP contribution in [0.25, 0.3) is 0 Å². The van der Waals surface area contributed by atoms with Gasteiger partial charge in [0.1, 0.15) is 16.4 Å². The molecule has 5 nitrogen and oxygen atoms in total. The molecule has 0 aromatic heterocycles.